The molecular formula is C15H13N3O2S. The molecule has 0 atom stereocenters. The van der Waals surface area contributed by atoms with Crippen LogP contribution in [0, 0.1) is 0 Å². The number of hydrazone groups is 1. The maximum Gasteiger partial charge on any atom is 0.203 e. The third-order valence-electron chi connectivity index (χ3n) is 2.79. The molecule has 2 aromatic heterocycles. The molecule has 0 aliphatic heterocycles. The van der Waals surface area contributed by atoms with E-state index in [4.69, 9.17) is 9.15 Å². The second kappa shape index (κ2) is 6.23. The summed E-state index contributed by atoms with van der Waals surface area (Å²) in [4.78, 5) is 4.48. The molecular weight excluding hydrogens is 286 g/mol. The number of rotatable bonds is 5. The first-order chi connectivity index (χ1) is 10.3. The van der Waals surface area contributed by atoms with Crippen LogP contribution in [-0.4, -0.2) is 18.3 Å². The van der Waals surface area contributed by atoms with Crippen LogP contribution in [0.3, 0.4) is 0 Å². The van der Waals surface area contributed by atoms with E-state index in [1.165, 1.54) is 11.3 Å². The zero-order chi connectivity index (χ0) is 14.5. The zero-order valence-corrected chi connectivity index (χ0v) is 12.1. The van der Waals surface area contributed by atoms with Gasteiger partial charge in [-0.1, -0.05) is 0 Å². The molecule has 0 aliphatic rings. The molecule has 5 nitrogen and oxygen atoms in total. The SMILES string of the molecule is COc1ccc(-c2csc(N/N=C\c3ccco3)n2)cc1. The maximum atomic E-state index is 5.15. The summed E-state index contributed by atoms with van der Waals surface area (Å²) in [5.41, 5.74) is 4.83. The summed E-state index contributed by atoms with van der Waals surface area (Å²) in [5.74, 6) is 1.52. The molecule has 0 aliphatic carbocycles. The zero-order valence-electron chi connectivity index (χ0n) is 11.3. The molecule has 3 rings (SSSR count). The Morgan fingerprint density at radius 3 is 2.86 bits per heavy atom. The van der Waals surface area contributed by atoms with Crippen LogP contribution in [-0.2, 0) is 0 Å². The first kappa shape index (κ1) is 13.4. The van der Waals surface area contributed by atoms with Gasteiger partial charge in [-0.2, -0.15) is 5.10 Å². The van der Waals surface area contributed by atoms with Crippen molar-refractivity contribution in [2.24, 2.45) is 5.10 Å². The Hall–Kier alpha value is -2.60. The van der Waals surface area contributed by atoms with Crippen molar-refractivity contribution in [1.82, 2.24) is 4.98 Å². The summed E-state index contributed by atoms with van der Waals surface area (Å²) < 4.78 is 10.3. The third kappa shape index (κ3) is 3.29. The number of hydrogen-bond acceptors (Lipinski definition) is 6. The van der Waals surface area contributed by atoms with Gasteiger partial charge in [0.2, 0.25) is 5.13 Å². The Bertz CT molecular complexity index is 718. The summed E-state index contributed by atoms with van der Waals surface area (Å²) in [7, 11) is 1.65. The summed E-state index contributed by atoms with van der Waals surface area (Å²) in [5, 5.41) is 6.78. The fourth-order valence-electron chi connectivity index (χ4n) is 1.74. The molecule has 0 fully saturated rings. The molecule has 0 radical (unpaired) electrons. The topological polar surface area (TPSA) is 59.6 Å². The van der Waals surface area contributed by atoms with E-state index in [9.17, 15) is 0 Å². The molecule has 0 amide bonds. The van der Waals surface area contributed by atoms with Crippen LogP contribution in [0.5, 0.6) is 5.75 Å². The van der Waals surface area contributed by atoms with Crippen LogP contribution in [0.2, 0.25) is 0 Å². The largest absolute Gasteiger partial charge is 0.497 e. The number of anilines is 1. The Morgan fingerprint density at radius 2 is 2.14 bits per heavy atom. The lowest BCUT2D eigenvalue weighted by Gasteiger charge is -2.00. The van der Waals surface area contributed by atoms with E-state index in [2.05, 4.69) is 15.5 Å². The van der Waals surface area contributed by atoms with Crippen molar-refractivity contribution in [2.45, 2.75) is 0 Å². The lowest BCUT2D eigenvalue weighted by molar-refractivity contribution is 0.415. The van der Waals surface area contributed by atoms with E-state index >= 15 is 0 Å². The monoisotopic (exact) mass is 299 g/mol. The average molecular weight is 299 g/mol. The van der Waals surface area contributed by atoms with Gasteiger partial charge in [0.25, 0.3) is 0 Å². The number of nitrogens with zero attached hydrogens (tertiary/aromatic N) is 2. The number of furan rings is 1. The molecule has 1 N–H and O–H groups in total. The normalized spacial score (nSPS) is 10.9. The quantitative estimate of drug-likeness (QED) is 0.574. The fraction of sp³-hybridized carbons (Fsp3) is 0.0667. The maximum absolute atomic E-state index is 5.15. The van der Waals surface area contributed by atoms with Crippen molar-refractivity contribution < 1.29 is 9.15 Å². The van der Waals surface area contributed by atoms with Crippen molar-refractivity contribution in [1.29, 1.82) is 0 Å². The lowest BCUT2D eigenvalue weighted by Crippen LogP contribution is -1.89. The smallest absolute Gasteiger partial charge is 0.203 e. The van der Waals surface area contributed by atoms with Gasteiger partial charge in [0.15, 0.2) is 0 Å². The number of benzene rings is 1. The molecule has 21 heavy (non-hydrogen) atoms. The molecule has 2 heterocycles. The highest BCUT2D eigenvalue weighted by Crippen LogP contribution is 2.26. The summed E-state index contributed by atoms with van der Waals surface area (Å²) in [6.45, 7) is 0. The van der Waals surface area contributed by atoms with E-state index in [1.807, 2.05) is 41.8 Å². The Morgan fingerprint density at radius 1 is 1.29 bits per heavy atom. The highest BCUT2D eigenvalue weighted by atomic mass is 32.1. The minimum absolute atomic E-state index is 0.689. The molecule has 0 saturated heterocycles. The van der Waals surface area contributed by atoms with Gasteiger partial charge in [-0.3, -0.25) is 5.43 Å². The van der Waals surface area contributed by atoms with E-state index in [-0.39, 0.29) is 0 Å². The second-order valence-electron chi connectivity index (χ2n) is 4.15. The predicted molar refractivity (Wildman–Crippen MR) is 84.0 cm³/mol. The van der Waals surface area contributed by atoms with E-state index in [0.29, 0.717) is 5.76 Å². The van der Waals surface area contributed by atoms with Crippen molar-refractivity contribution in [3.63, 3.8) is 0 Å². The molecule has 3 aromatic rings. The third-order valence-corrected chi connectivity index (χ3v) is 3.53. The van der Waals surface area contributed by atoms with Crippen molar-refractivity contribution in [2.75, 3.05) is 12.5 Å². The molecule has 0 saturated carbocycles. The number of hydrogen-bond donors (Lipinski definition) is 1. The second-order valence-corrected chi connectivity index (χ2v) is 5.01. The van der Waals surface area contributed by atoms with Crippen LogP contribution in [0.15, 0.2) is 57.6 Å². The summed E-state index contributed by atoms with van der Waals surface area (Å²) in [6, 6.07) is 11.4. The summed E-state index contributed by atoms with van der Waals surface area (Å²) >= 11 is 1.49. The van der Waals surface area contributed by atoms with Crippen molar-refractivity contribution in [3.05, 3.63) is 53.8 Å². The number of nitrogens with one attached hydrogen (secondary N) is 1. The molecule has 106 valence electrons. The average Bonchev–Trinajstić information content (AvgIpc) is 3.19. The van der Waals surface area contributed by atoms with Gasteiger partial charge in [0, 0.05) is 10.9 Å². The molecule has 0 bridgehead atoms. The van der Waals surface area contributed by atoms with Crippen LogP contribution in [0.25, 0.3) is 11.3 Å². The van der Waals surface area contributed by atoms with E-state index in [0.717, 1.165) is 22.1 Å². The van der Waals surface area contributed by atoms with Crippen LogP contribution >= 0.6 is 11.3 Å². The standard InChI is InChI=1S/C15H13N3O2S/c1-19-12-6-4-11(5-7-12)14-10-21-15(17-14)18-16-9-13-3-2-8-20-13/h2-10H,1H3,(H,17,18)/b16-9-. The van der Waals surface area contributed by atoms with E-state index < -0.39 is 0 Å². The number of methoxy groups -OCH3 is 1. The Kier molecular flexibility index (Phi) is 3.97. The van der Waals surface area contributed by atoms with Crippen molar-refractivity contribution >= 4 is 22.7 Å². The van der Waals surface area contributed by atoms with Gasteiger partial charge in [-0.05, 0) is 36.4 Å². The van der Waals surface area contributed by atoms with Crippen molar-refractivity contribution in [3.8, 4) is 17.0 Å². The first-order valence-corrected chi connectivity index (χ1v) is 7.15. The minimum Gasteiger partial charge on any atom is -0.497 e. The molecule has 0 unspecified atom stereocenters. The highest BCUT2D eigenvalue weighted by molar-refractivity contribution is 7.14. The van der Waals surface area contributed by atoms with Crippen LogP contribution < -0.4 is 10.2 Å². The number of aromatic nitrogens is 1. The molecule has 0 spiro atoms. The number of ether oxygens (including phenoxy) is 1. The molecule has 1 aromatic carbocycles. The fourth-order valence-corrected chi connectivity index (χ4v) is 2.40. The molecule has 6 heteroatoms. The van der Waals surface area contributed by atoms with E-state index in [1.54, 1.807) is 19.6 Å². The lowest BCUT2D eigenvalue weighted by atomic mass is 10.2. The Balaban J connectivity index is 1.68. The van der Waals surface area contributed by atoms with Gasteiger partial charge in [0.05, 0.1) is 25.3 Å². The van der Waals surface area contributed by atoms with Gasteiger partial charge < -0.3 is 9.15 Å². The predicted octanol–water partition coefficient (Wildman–Crippen LogP) is 3.86. The Labute approximate surface area is 125 Å². The van der Waals surface area contributed by atoms with Gasteiger partial charge in [-0.15, -0.1) is 11.3 Å². The van der Waals surface area contributed by atoms with Crippen LogP contribution in [0.4, 0.5) is 5.13 Å². The first-order valence-electron chi connectivity index (χ1n) is 6.28. The van der Waals surface area contributed by atoms with Gasteiger partial charge in [-0.25, -0.2) is 4.98 Å². The number of thiazole rings is 1. The highest BCUT2D eigenvalue weighted by Gasteiger charge is 2.04. The van der Waals surface area contributed by atoms with Gasteiger partial charge >= 0.3 is 0 Å². The summed E-state index contributed by atoms with van der Waals surface area (Å²) in [6.07, 6.45) is 3.21. The van der Waals surface area contributed by atoms with Gasteiger partial charge in [0.1, 0.15) is 11.5 Å². The minimum atomic E-state index is 0.689. The van der Waals surface area contributed by atoms with Crippen LogP contribution in [0.1, 0.15) is 5.76 Å².